The number of methoxy groups -OCH3 is 2. The lowest BCUT2D eigenvalue weighted by Crippen LogP contribution is -2.50. The molecule has 3 amide bonds. The Balaban J connectivity index is 1.34. The summed E-state index contributed by atoms with van der Waals surface area (Å²) in [4.78, 5) is 42.4. The molecule has 3 aromatic rings. The number of nitrogens with two attached hydrogens (primary N) is 1. The van der Waals surface area contributed by atoms with Crippen LogP contribution in [0, 0.1) is 13.8 Å². The number of benzene rings is 2. The van der Waals surface area contributed by atoms with Crippen LogP contribution in [-0.4, -0.2) is 80.3 Å². The molecule has 12 nitrogen and oxygen atoms in total. The molecule has 0 aliphatic carbocycles. The van der Waals surface area contributed by atoms with Crippen molar-refractivity contribution < 1.29 is 19.1 Å². The molecule has 0 spiro atoms. The fourth-order valence-electron chi connectivity index (χ4n) is 5.64. The van der Waals surface area contributed by atoms with E-state index in [2.05, 4.69) is 15.2 Å². The van der Waals surface area contributed by atoms with Crippen LogP contribution in [0.15, 0.2) is 36.5 Å². The molecule has 2 aliphatic heterocycles. The maximum absolute atomic E-state index is 13.8. The number of carbonyl (C=O) groups excluding carboxylic acids is 2. The van der Waals surface area contributed by atoms with Gasteiger partial charge in [-0.05, 0) is 45.0 Å². The fraction of sp³-hybridized carbons (Fsp3) is 0.400. The number of nitrogens with zero attached hydrogens (tertiary/aromatic N) is 6. The van der Waals surface area contributed by atoms with E-state index in [4.69, 9.17) is 20.2 Å². The zero-order valence-corrected chi connectivity index (χ0v) is 24.8. The molecule has 222 valence electrons. The maximum Gasteiger partial charge on any atom is 0.330 e. The standard InChI is InChI=1S/C30H38N8O4/c1-6-37-28-21(18-38(30(37)40)27-19(2)24(41-4)15-25(42-5)20(27)3)17-32-29(34-28)33-22-7-9-23(10-8-22)35-11-13-36(14-12-35)26(39)16-31/h7-10,15,17H,6,11-14,16,18,31H2,1-5H3,(H,32,33,34). The third-order valence-electron chi connectivity index (χ3n) is 7.92. The molecule has 0 saturated carbocycles. The van der Waals surface area contributed by atoms with Gasteiger partial charge in [0.25, 0.3) is 0 Å². The van der Waals surface area contributed by atoms with E-state index in [-0.39, 0.29) is 18.5 Å². The molecule has 0 bridgehead atoms. The highest BCUT2D eigenvalue weighted by atomic mass is 16.5. The summed E-state index contributed by atoms with van der Waals surface area (Å²) in [5, 5.41) is 3.27. The number of hydrogen-bond acceptors (Lipinski definition) is 9. The summed E-state index contributed by atoms with van der Waals surface area (Å²) < 4.78 is 11.2. The van der Waals surface area contributed by atoms with Gasteiger partial charge in [0.05, 0.1) is 33.0 Å². The molecule has 42 heavy (non-hydrogen) atoms. The second kappa shape index (κ2) is 12.1. The van der Waals surface area contributed by atoms with Gasteiger partial charge in [-0.3, -0.25) is 14.6 Å². The Bertz CT molecular complexity index is 1440. The van der Waals surface area contributed by atoms with Gasteiger partial charge in [-0.15, -0.1) is 0 Å². The Morgan fingerprint density at radius 1 is 1.02 bits per heavy atom. The van der Waals surface area contributed by atoms with Crippen molar-refractivity contribution in [2.45, 2.75) is 27.3 Å². The highest BCUT2D eigenvalue weighted by Crippen LogP contribution is 2.41. The third kappa shape index (κ3) is 5.37. The average Bonchev–Trinajstić information content (AvgIpc) is 3.02. The van der Waals surface area contributed by atoms with Crippen LogP contribution in [0.3, 0.4) is 0 Å². The van der Waals surface area contributed by atoms with E-state index in [1.807, 2.05) is 51.1 Å². The van der Waals surface area contributed by atoms with Crippen LogP contribution in [-0.2, 0) is 11.3 Å². The number of rotatable bonds is 8. The molecule has 2 aromatic carbocycles. The number of urea groups is 1. The molecule has 5 rings (SSSR count). The quantitative estimate of drug-likeness (QED) is 0.416. The summed E-state index contributed by atoms with van der Waals surface area (Å²) in [5.74, 6) is 2.29. The van der Waals surface area contributed by atoms with E-state index in [0.717, 1.165) is 46.8 Å². The van der Waals surface area contributed by atoms with Crippen molar-refractivity contribution >= 4 is 40.8 Å². The van der Waals surface area contributed by atoms with Gasteiger partial charge in [-0.25, -0.2) is 9.78 Å². The third-order valence-corrected chi connectivity index (χ3v) is 7.92. The zero-order valence-electron chi connectivity index (χ0n) is 24.8. The Morgan fingerprint density at radius 3 is 2.24 bits per heavy atom. The highest BCUT2D eigenvalue weighted by molar-refractivity contribution is 6.06. The number of ether oxygens (including phenoxy) is 2. The van der Waals surface area contributed by atoms with Crippen LogP contribution in [0.4, 0.5) is 33.6 Å². The lowest BCUT2D eigenvalue weighted by atomic mass is 10.0. The molecular formula is C30H38N8O4. The largest absolute Gasteiger partial charge is 0.496 e. The molecule has 12 heteroatoms. The molecule has 3 N–H and O–H groups in total. The number of amides is 3. The van der Waals surface area contributed by atoms with Gasteiger partial charge in [-0.1, -0.05) is 0 Å². The predicted octanol–water partition coefficient (Wildman–Crippen LogP) is 3.43. The number of fused-ring (bicyclic) bond motifs is 1. The van der Waals surface area contributed by atoms with E-state index >= 15 is 0 Å². The normalized spacial score (nSPS) is 15.0. The van der Waals surface area contributed by atoms with Crippen molar-refractivity contribution in [1.29, 1.82) is 0 Å². The molecule has 3 heterocycles. The second-order valence-electron chi connectivity index (χ2n) is 10.3. The molecule has 0 atom stereocenters. The van der Waals surface area contributed by atoms with Crippen LogP contribution in [0.5, 0.6) is 11.5 Å². The second-order valence-corrected chi connectivity index (χ2v) is 10.3. The van der Waals surface area contributed by atoms with Gasteiger partial charge in [0.1, 0.15) is 17.3 Å². The van der Waals surface area contributed by atoms with Crippen LogP contribution in [0.2, 0.25) is 0 Å². The Kier molecular flexibility index (Phi) is 8.34. The average molecular weight is 575 g/mol. The zero-order chi connectivity index (χ0) is 30.0. The SMILES string of the molecule is CCN1C(=O)N(c2c(C)c(OC)cc(OC)c2C)Cc2cnc(Nc3ccc(N4CCN(C(=O)CN)CC4)cc3)nc21. The summed E-state index contributed by atoms with van der Waals surface area (Å²) in [7, 11) is 3.22. The van der Waals surface area contributed by atoms with Crippen LogP contribution < -0.4 is 35.2 Å². The number of piperazine rings is 1. The summed E-state index contributed by atoms with van der Waals surface area (Å²) in [6.45, 7) is 9.45. The first-order valence-corrected chi connectivity index (χ1v) is 14.1. The molecule has 0 unspecified atom stereocenters. The Morgan fingerprint density at radius 2 is 1.67 bits per heavy atom. The summed E-state index contributed by atoms with van der Waals surface area (Å²) in [6, 6.07) is 9.69. The van der Waals surface area contributed by atoms with Crippen molar-refractivity contribution in [2.24, 2.45) is 5.73 Å². The lowest BCUT2D eigenvalue weighted by molar-refractivity contribution is -0.129. The van der Waals surface area contributed by atoms with Gasteiger partial charge >= 0.3 is 6.03 Å². The Hall–Kier alpha value is -4.58. The van der Waals surface area contributed by atoms with Crippen molar-refractivity contribution in [1.82, 2.24) is 14.9 Å². The molecule has 1 saturated heterocycles. The van der Waals surface area contributed by atoms with E-state index in [1.165, 1.54) is 0 Å². The molecule has 2 aliphatic rings. The van der Waals surface area contributed by atoms with E-state index < -0.39 is 0 Å². The summed E-state index contributed by atoms with van der Waals surface area (Å²) in [5.41, 5.74) is 10.7. The topological polar surface area (TPSA) is 129 Å². The molecule has 1 aromatic heterocycles. The van der Waals surface area contributed by atoms with Crippen molar-refractivity contribution in [3.8, 4) is 11.5 Å². The van der Waals surface area contributed by atoms with E-state index in [9.17, 15) is 9.59 Å². The number of anilines is 5. The first kappa shape index (κ1) is 28.9. The first-order valence-electron chi connectivity index (χ1n) is 14.1. The van der Waals surface area contributed by atoms with Crippen molar-refractivity contribution in [3.63, 3.8) is 0 Å². The fourth-order valence-corrected chi connectivity index (χ4v) is 5.64. The monoisotopic (exact) mass is 574 g/mol. The van der Waals surface area contributed by atoms with Crippen molar-refractivity contribution in [3.05, 3.63) is 53.2 Å². The number of hydrogen-bond donors (Lipinski definition) is 2. The summed E-state index contributed by atoms with van der Waals surface area (Å²) >= 11 is 0. The van der Waals surface area contributed by atoms with Crippen LogP contribution in [0.1, 0.15) is 23.6 Å². The van der Waals surface area contributed by atoms with Gasteiger partial charge in [0, 0.05) is 73.1 Å². The van der Waals surface area contributed by atoms with Gasteiger partial charge in [0.15, 0.2) is 0 Å². The van der Waals surface area contributed by atoms with Gasteiger partial charge in [0.2, 0.25) is 11.9 Å². The minimum absolute atomic E-state index is 0.0129. The molecule has 1 fully saturated rings. The van der Waals surface area contributed by atoms with E-state index in [1.54, 1.807) is 35.1 Å². The summed E-state index contributed by atoms with van der Waals surface area (Å²) in [6.07, 6.45) is 1.77. The molecular weight excluding hydrogens is 536 g/mol. The minimum Gasteiger partial charge on any atom is -0.496 e. The van der Waals surface area contributed by atoms with Gasteiger partial charge < -0.3 is 30.3 Å². The lowest BCUT2D eigenvalue weighted by Gasteiger charge is -2.37. The van der Waals surface area contributed by atoms with Gasteiger partial charge in [-0.2, -0.15) is 4.98 Å². The highest BCUT2D eigenvalue weighted by Gasteiger charge is 2.35. The number of carbonyl (C=O) groups is 2. The van der Waals surface area contributed by atoms with Crippen LogP contribution in [0.25, 0.3) is 0 Å². The number of nitrogens with one attached hydrogen (secondary N) is 1. The van der Waals surface area contributed by atoms with Crippen molar-refractivity contribution in [2.75, 3.05) is 73.5 Å². The first-order chi connectivity index (χ1) is 20.3. The maximum atomic E-state index is 13.8. The molecule has 0 radical (unpaired) electrons. The van der Waals surface area contributed by atoms with E-state index in [0.29, 0.717) is 49.4 Å². The smallest absolute Gasteiger partial charge is 0.330 e. The van der Waals surface area contributed by atoms with Crippen LogP contribution >= 0.6 is 0 Å². The predicted molar refractivity (Wildman–Crippen MR) is 163 cm³/mol. The number of aromatic nitrogens is 2. The minimum atomic E-state index is -0.172. The Labute approximate surface area is 246 Å².